The normalized spacial score (nSPS) is 13.2. The van der Waals surface area contributed by atoms with Crippen LogP contribution in [0.3, 0.4) is 0 Å². The van der Waals surface area contributed by atoms with E-state index in [4.69, 9.17) is 5.84 Å². The number of hydrogen-bond donors (Lipinski definition) is 2. The van der Waals surface area contributed by atoms with Crippen LogP contribution < -0.4 is 11.3 Å². The first-order chi connectivity index (χ1) is 7.02. The first kappa shape index (κ1) is 12.5. The van der Waals surface area contributed by atoms with Gasteiger partial charge in [-0.2, -0.15) is 0 Å². The zero-order chi connectivity index (χ0) is 11.4. The summed E-state index contributed by atoms with van der Waals surface area (Å²) in [6.45, 7) is 0. The average Bonchev–Trinajstić information content (AvgIpc) is 2.12. The average molecular weight is 283 g/mol. The van der Waals surface area contributed by atoms with Crippen molar-refractivity contribution in [1.29, 1.82) is 0 Å². The molecule has 1 rings (SSSR count). The van der Waals surface area contributed by atoms with Gasteiger partial charge >= 0.3 is 0 Å². The van der Waals surface area contributed by atoms with E-state index in [1.807, 2.05) is 5.43 Å². The third-order valence-electron chi connectivity index (χ3n) is 1.90. The second kappa shape index (κ2) is 5.48. The monoisotopic (exact) mass is 282 g/mol. The number of nitrogens with one attached hydrogen (secondary N) is 1. The molecule has 0 amide bonds. The summed E-state index contributed by atoms with van der Waals surface area (Å²) in [7, 11) is 0. The Morgan fingerprint density at radius 2 is 2.00 bits per heavy atom. The number of rotatable bonds is 4. The van der Waals surface area contributed by atoms with Crippen molar-refractivity contribution >= 4 is 15.9 Å². The lowest BCUT2D eigenvalue weighted by Crippen LogP contribution is -2.42. The maximum absolute atomic E-state index is 12.9. The summed E-state index contributed by atoms with van der Waals surface area (Å²) < 4.78 is 38.1. The molecule has 0 saturated carbocycles. The molecule has 6 heteroatoms. The second-order valence-electron chi connectivity index (χ2n) is 3.09. The van der Waals surface area contributed by atoms with Crippen LogP contribution in [0.1, 0.15) is 5.56 Å². The Morgan fingerprint density at radius 3 is 2.47 bits per heavy atom. The van der Waals surface area contributed by atoms with Crippen molar-refractivity contribution in [2.75, 3.05) is 0 Å². The highest BCUT2D eigenvalue weighted by Gasteiger charge is 2.19. The van der Waals surface area contributed by atoms with Crippen LogP contribution in [-0.2, 0) is 6.42 Å². The fourth-order valence-corrected chi connectivity index (χ4v) is 1.72. The van der Waals surface area contributed by atoms with Gasteiger partial charge in [0.15, 0.2) is 0 Å². The highest BCUT2D eigenvalue weighted by molar-refractivity contribution is 9.10. The highest BCUT2D eigenvalue weighted by Crippen LogP contribution is 2.17. The Balaban J connectivity index is 2.79. The maximum atomic E-state index is 12.9. The third-order valence-corrected chi connectivity index (χ3v) is 2.35. The SMILES string of the molecule is NNC(Cc1cc(F)cc(Br)c1)C(F)F. The minimum absolute atomic E-state index is 0.0233. The highest BCUT2D eigenvalue weighted by atomic mass is 79.9. The van der Waals surface area contributed by atoms with Gasteiger partial charge in [-0.05, 0) is 30.2 Å². The molecule has 0 bridgehead atoms. The van der Waals surface area contributed by atoms with E-state index < -0.39 is 18.3 Å². The van der Waals surface area contributed by atoms with Crippen molar-refractivity contribution in [3.63, 3.8) is 0 Å². The van der Waals surface area contributed by atoms with Crippen molar-refractivity contribution in [1.82, 2.24) is 5.43 Å². The van der Waals surface area contributed by atoms with E-state index in [0.717, 1.165) is 0 Å². The quantitative estimate of drug-likeness (QED) is 0.657. The lowest BCUT2D eigenvalue weighted by molar-refractivity contribution is 0.0984. The topological polar surface area (TPSA) is 38.0 Å². The molecule has 0 saturated heterocycles. The molecule has 0 fully saturated rings. The molecular weight excluding hydrogens is 273 g/mol. The largest absolute Gasteiger partial charge is 0.271 e. The number of alkyl halides is 2. The fourth-order valence-electron chi connectivity index (χ4n) is 1.20. The van der Waals surface area contributed by atoms with Crippen LogP contribution in [0.15, 0.2) is 22.7 Å². The summed E-state index contributed by atoms with van der Waals surface area (Å²) in [6.07, 6.45) is -2.61. The molecule has 0 spiro atoms. The van der Waals surface area contributed by atoms with Crippen molar-refractivity contribution in [3.8, 4) is 0 Å². The summed E-state index contributed by atoms with van der Waals surface area (Å²) >= 11 is 3.08. The predicted octanol–water partition coefficient (Wildman–Crippen LogP) is 2.23. The second-order valence-corrected chi connectivity index (χ2v) is 4.01. The van der Waals surface area contributed by atoms with Crippen molar-refractivity contribution < 1.29 is 13.2 Å². The van der Waals surface area contributed by atoms with E-state index in [1.165, 1.54) is 12.1 Å². The number of halogens is 4. The molecule has 84 valence electrons. The van der Waals surface area contributed by atoms with Gasteiger partial charge in [0.2, 0.25) is 0 Å². The van der Waals surface area contributed by atoms with Gasteiger partial charge in [-0.25, -0.2) is 13.2 Å². The maximum Gasteiger partial charge on any atom is 0.255 e. The standard InChI is InChI=1S/C9H10BrF3N2/c10-6-1-5(2-7(11)4-6)3-8(15-14)9(12)13/h1-2,4,8-9,15H,3,14H2. The van der Waals surface area contributed by atoms with Crippen molar-refractivity contribution in [2.45, 2.75) is 18.9 Å². The Hall–Kier alpha value is -0.590. The van der Waals surface area contributed by atoms with Crippen LogP contribution in [-0.4, -0.2) is 12.5 Å². The molecule has 0 aliphatic heterocycles. The molecule has 1 atom stereocenters. The van der Waals surface area contributed by atoms with Crippen molar-refractivity contribution in [3.05, 3.63) is 34.1 Å². The zero-order valence-electron chi connectivity index (χ0n) is 7.68. The van der Waals surface area contributed by atoms with Crippen LogP contribution in [0.4, 0.5) is 13.2 Å². The Kier molecular flexibility index (Phi) is 4.56. The van der Waals surface area contributed by atoms with E-state index in [1.54, 1.807) is 6.07 Å². The number of hydrogen-bond acceptors (Lipinski definition) is 2. The van der Waals surface area contributed by atoms with E-state index in [0.29, 0.717) is 10.0 Å². The molecule has 0 aromatic heterocycles. The molecule has 1 aromatic carbocycles. The lowest BCUT2D eigenvalue weighted by atomic mass is 10.1. The molecule has 15 heavy (non-hydrogen) atoms. The van der Waals surface area contributed by atoms with Crippen LogP contribution in [0.25, 0.3) is 0 Å². The van der Waals surface area contributed by atoms with Gasteiger partial charge in [-0.1, -0.05) is 15.9 Å². The lowest BCUT2D eigenvalue weighted by Gasteiger charge is -2.14. The van der Waals surface area contributed by atoms with Gasteiger partial charge in [0.05, 0.1) is 6.04 Å². The van der Waals surface area contributed by atoms with E-state index in [9.17, 15) is 13.2 Å². The Morgan fingerprint density at radius 1 is 1.33 bits per heavy atom. The molecule has 0 heterocycles. The van der Waals surface area contributed by atoms with E-state index >= 15 is 0 Å². The van der Waals surface area contributed by atoms with Gasteiger partial charge in [0.1, 0.15) is 5.82 Å². The van der Waals surface area contributed by atoms with Crippen LogP contribution >= 0.6 is 15.9 Å². The fraction of sp³-hybridized carbons (Fsp3) is 0.333. The number of nitrogens with two attached hydrogens (primary N) is 1. The molecule has 0 aliphatic rings. The first-order valence-corrected chi connectivity index (χ1v) is 5.01. The van der Waals surface area contributed by atoms with Gasteiger partial charge in [-0.3, -0.25) is 11.3 Å². The summed E-state index contributed by atoms with van der Waals surface area (Å²) in [5, 5.41) is 0. The molecule has 1 aromatic rings. The molecule has 2 nitrogen and oxygen atoms in total. The molecule has 0 radical (unpaired) electrons. The number of benzene rings is 1. The smallest absolute Gasteiger partial charge is 0.255 e. The van der Waals surface area contributed by atoms with Gasteiger partial charge in [0.25, 0.3) is 6.43 Å². The van der Waals surface area contributed by atoms with Crippen LogP contribution in [0.5, 0.6) is 0 Å². The van der Waals surface area contributed by atoms with Crippen molar-refractivity contribution in [2.24, 2.45) is 5.84 Å². The molecule has 0 aliphatic carbocycles. The van der Waals surface area contributed by atoms with Crippen LogP contribution in [0.2, 0.25) is 0 Å². The predicted molar refractivity (Wildman–Crippen MR) is 54.9 cm³/mol. The third kappa shape index (κ3) is 3.81. The molecular formula is C9H10BrF3N2. The zero-order valence-corrected chi connectivity index (χ0v) is 9.27. The number of hydrazine groups is 1. The van der Waals surface area contributed by atoms with Crippen LogP contribution in [0, 0.1) is 5.82 Å². The minimum atomic E-state index is -2.59. The van der Waals surface area contributed by atoms with E-state index in [-0.39, 0.29) is 6.42 Å². The molecule has 3 N–H and O–H groups in total. The summed E-state index contributed by atoms with van der Waals surface area (Å²) in [4.78, 5) is 0. The summed E-state index contributed by atoms with van der Waals surface area (Å²) in [5.41, 5.74) is 2.46. The molecule has 1 unspecified atom stereocenters. The summed E-state index contributed by atoms with van der Waals surface area (Å²) in [6, 6.07) is 2.88. The minimum Gasteiger partial charge on any atom is -0.271 e. The summed E-state index contributed by atoms with van der Waals surface area (Å²) in [5.74, 6) is 4.49. The van der Waals surface area contributed by atoms with Gasteiger partial charge in [-0.15, -0.1) is 0 Å². The van der Waals surface area contributed by atoms with Gasteiger partial charge < -0.3 is 0 Å². The first-order valence-electron chi connectivity index (χ1n) is 4.22. The van der Waals surface area contributed by atoms with E-state index in [2.05, 4.69) is 15.9 Å². The Bertz CT molecular complexity index is 313. The van der Waals surface area contributed by atoms with Gasteiger partial charge in [0, 0.05) is 4.47 Å². The Labute approximate surface area is 93.8 Å².